The predicted octanol–water partition coefficient (Wildman–Crippen LogP) is 2.07. The SMILES string of the molecule is Cc1ccc(NC(=S)NN(C)C)c(C)c1. The molecule has 0 heterocycles. The summed E-state index contributed by atoms with van der Waals surface area (Å²) < 4.78 is 0. The number of hydrazine groups is 1. The number of thiocarbonyl (C=S) groups is 1. The van der Waals surface area contributed by atoms with Crippen molar-refractivity contribution in [3.8, 4) is 0 Å². The highest BCUT2D eigenvalue weighted by atomic mass is 32.1. The Labute approximate surface area is 96.4 Å². The van der Waals surface area contributed by atoms with Crippen molar-refractivity contribution in [3.63, 3.8) is 0 Å². The minimum Gasteiger partial charge on any atom is -0.331 e. The van der Waals surface area contributed by atoms with Crippen LogP contribution in [0.25, 0.3) is 0 Å². The second kappa shape index (κ2) is 5.09. The summed E-state index contributed by atoms with van der Waals surface area (Å²) in [5.41, 5.74) is 6.48. The van der Waals surface area contributed by atoms with E-state index in [1.165, 1.54) is 11.1 Å². The van der Waals surface area contributed by atoms with Crippen LogP contribution in [0.4, 0.5) is 5.69 Å². The van der Waals surface area contributed by atoms with Crippen LogP contribution in [0, 0.1) is 13.8 Å². The van der Waals surface area contributed by atoms with Crippen molar-refractivity contribution in [1.29, 1.82) is 0 Å². The molecule has 0 radical (unpaired) electrons. The lowest BCUT2D eigenvalue weighted by Gasteiger charge is -2.16. The number of benzene rings is 1. The van der Waals surface area contributed by atoms with E-state index >= 15 is 0 Å². The molecule has 1 aromatic carbocycles. The van der Waals surface area contributed by atoms with Crippen LogP contribution in [0.5, 0.6) is 0 Å². The zero-order valence-corrected chi connectivity index (χ0v) is 10.4. The second-order valence-corrected chi connectivity index (χ2v) is 4.19. The molecule has 0 unspecified atom stereocenters. The number of rotatable bonds is 2. The zero-order valence-electron chi connectivity index (χ0n) is 9.59. The summed E-state index contributed by atoms with van der Waals surface area (Å²) in [6.45, 7) is 4.14. The molecule has 3 nitrogen and oxygen atoms in total. The van der Waals surface area contributed by atoms with E-state index in [1.54, 1.807) is 5.01 Å². The van der Waals surface area contributed by atoms with Crippen LogP contribution in [0.3, 0.4) is 0 Å². The average molecular weight is 223 g/mol. The van der Waals surface area contributed by atoms with Crippen LogP contribution in [0.15, 0.2) is 18.2 Å². The molecule has 1 aromatic rings. The molecular weight excluding hydrogens is 206 g/mol. The van der Waals surface area contributed by atoms with Gasteiger partial charge in [-0.25, -0.2) is 5.01 Å². The molecule has 82 valence electrons. The fraction of sp³-hybridized carbons (Fsp3) is 0.364. The van der Waals surface area contributed by atoms with Crippen molar-refractivity contribution in [3.05, 3.63) is 29.3 Å². The zero-order chi connectivity index (χ0) is 11.4. The Bertz CT molecular complexity index is 361. The summed E-state index contributed by atoms with van der Waals surface area (Å²) in [7, 11) is 3.80. The van der Waals surface area contributed by atoms with Gasteiger partial charge in [0, 0.05) is 19.8 Å². The van der Waals surface area contributed by atoms with E-state index in [9.17, 15) is 0 Å². The molecule has 1 rings (SSSR count). The second-order valence-electron chi connectivity index (χ2n) is 3.78. The number of nitrogens with one attached hydrogen (secondary N) is 2. The monoisotopic (exact) mass is 223 g/mol. The quantitative estimate of drug-likeness (QED) is 0.593. The Morgan fingerprint density at radius 3 is 2.47 bits per heavy atom. The van der Waals surface area contributed by atoms with Crippen molar-refractivity contribution in [2.75, 3.05) is 19.4 Å². The smallest absolute Gasteiger partial charge is 0.185 e. The first-order valence-corrected chi connectivity index (χ1v) is 5.22. The number of hydrogen-bond donors (Lipinski definition) is 2. The molecular formula is C11H17N3S. The Balaban J connectivity index is 2.68. The van der Waals surface area contributed by atoms with Gasteiger partial charge in [0.05, 0.1) is 0 Å². The molecule has 0 fully saturated rings. The summed E-state index contributed by atoms with van der Waals surface area (Å²) >= 11 is 5.14. The summed E-state index contributed by atoms with van der Waals surface area (Å²) in [5, 5.41) is 5.56. The fourth-order valence-electron chi connectivity index (χ4n) is 1.31. The third-order valence-electron chi connectivity index (χ3n) is 1.96. The van der Waals surface area contributed by atoms with Gasteiger partial charge in [0.15, 0.2) is 5.11 Å². The van der Waals surface area contributed by atoms with Crippen LogP contribution < -0.4 is 10.7 Å². The lowest BCUT2D eigenvalue weighted by atomic mass is 10.1. The summed E-state index contributed by atoms with van der Waals surface area (Å²) in [6.07, 6.45) is 0. The van der Waals surface area contributed by atoms with E-state index < -0.39 is 0 Å². The third kappa shape index (κ3) is 3.85. The first-order valence-electron chi connectivity index (χ1n) is 4.81. The molecule has 4 heteroatoms. The lowest BCUT2D eigenvalue weighted by Crippen LogP contribution is -2.39. The third-order valence-corrected chi connectivity index (χ3v) is 2.15. The van der Waals surface area contributed by atoms with Gasteiger partial charge >= 0.3 is 0 Å². The fourth-order valence-corrected chi connectivity index (χ4v) is 1.60. The van der Waals surface area contributed by atoms with Gasteiger partial charge in [-0.2, -0.15) is 0 Å². The Kier molecular flexibility index (Phi) is 4.05. The van der Waals surface area contributed by atoms with Crippen LogP contribution >= 0.6 is 12.2 Å². The Morgan fingerprint density at radius 2 is 1.93 bits per heavy atom. The molecule has 0 bridgehead atoms. The molecule has 2 N–H and O–H groups in total. The summed E-state index contributed by atoms with van der Waals surface area (Å²) in [6, 6.07) is 6.22. The highest BCUT2D eigenvalue weighted by molar-refractivity contribution is 7.80. The first-order chi connectivity index (χ1) is 6.99. The molecule has 0 aliphatic carbocycles. The number of nitrogens with zero attached hydrogens (tertiary/aromatic N) is 1. The molecule has 15 heavy (non-hydrogen) atoms. The maximum Gasteiger partial charge on any atom is 0.185 e. The predicted molar refractivity (Wildman–Crippen MR) is 69.0 cm³/mol. The molecule has 0 amide bonds. The van der Waals surface area contributed by atoms with Crippen LogP contribution in [-0.2, 0) is 0 Å². The molecule has 0 atom stereocenters. The van der Waals surface area contributed by atoms with Crippen LogP contribution in [0.2, 0.25) is 0 Å². The molecule has 0 spiro atoms. The van der Waals surface area contributed by atoms with E-state index in [1.807, 2.05) is 20.2 Å². The van der Waals surface area contributed by atoms with Gasteiger partial charge in [0.2, 0.25) is 0 Å². The molecule has 0 aliphatic rings. The minimum atomic E-state index is 0.604. The van der Waals surface area contributed by atoms with Gasteiger partial charge in [-0.15, -0.1) is 0 Å². The van der Waals surface area contributed by atoms with Gasteiger partial charge in [0.1, 0.15) is 0 Å². The van der Waals surface area contributed by atoms with Gasteiger partial charge < -0.3 is 5.32 Å². The van der Waals surface area contributed by atoms with Crippen molar-refractivity contribution in [1.82, 2.24) is 10.4 Å². The largest absolute Gasteiger partial charge is 0.331 e. The normalized spacial score (nSPS) is 10.2. The highest BCUT2D eigenvalue weighted by Gasteiger charge is 2.01. The van der Waals surface area contributed by atoms with Gasteiger partial charge in [-0.3, -0.25) is 5.43 Å². The maximum atomic E-state index is 5.14. The molecule has 0 saturated heterocycles. The minimum absolute atomic E-state index is 0.604. The number of aryl methyl sites for hydroxylation is 2. The van der Waals surface area contributed by atoms with E-state index in [4.69, 9.17) is 12.2 Å². The van der Waals surface area contributed by atoms with Gasteiger partial charge in [0.25, 0.3) is 0 Å². The van der Waals surface area contributed by atoms with E-state index in [0.29, 0.717) is 5.11 Å². The van der Waals surface area contributed by atoms with Crippen molar-refractivity contribution in [2.45, 2.75) is 13.8 Å². The van der Waals surface area contributed by atoms with E-state index in [2.05, 4.69) is 36.7 Å². The lowest BCUT2D eigenvalue weighted by molar-refractivity contribution is 0.365. The topological polar surface area (TPSA) is 27.3 Å². The maximum absolute atomic E-state index is 5.14. The summed E-state index contributed by atoms with van der Waals surface area (Å²) in [4.78, 5) is 0. The van der Waals surface area contributed by atoms with Gasteiger partial charge in [-0.1, -0.05) is 17.7 Å². The first kappa shape index (κ1) is 11.9. The van der Waals surface area contributed by atoms with E-state index in [0.717, 1.165) is 5.69 Å². The van der Waals surface area contributed by atoms with Crippen molar-refractivity contribution in [2.24, 2.45) is 0 Å². The highest BCUT2D eigenvalue weighted by Crippen LogP contribution is 2.15. The van der Waals surface area contributed by atoms with E-state index in [-0.39, 0.29) is 0 Å². The van der Waals surface area contributed by atoms with Crippen molar-refractivity contribution < 1.29 is 0 Å². The molecule has 0 aromatic heterocycles. The van der Waals surface area contributed by atoms with Crippen LogP contribution in [0.1, 0.15) is 11.1 Å². The Morgan fingerprint density at radius 1 is 1.27 bits per heavy atom. The number of hydrogen-bond acceptors (Lipinski definition) is 2. The van der Waals surface area contributed by atoms with Gasteiger partial charge in [-0.05, 0) is 37.7 Å². The molecule has 0 aliphatic heterocycles. The van der Waals surface area contributed by atoms with Crippen molar-refractivity contribution >= 4 is 23.0 Å². The number of anilines is 1. The summed E-state index contributed by atoms with van der Waals surface area (Å²) in [5.74, 6) is 0. The van der Waals surface area contributed by atoms with Crippen LogP contribution in [-0.4, -0.2) is 24.2 Å². The standard InChI is InChI=1S/C11H17N3S/c1-8-5-6-10(9(2)7-8)12-11(15)13-14(3)4/h5-7H,1-4H3,(H2,12,13,15). The molecule has 0 saturated carbocycles. The Hall–Kier alpha value is -1.13. The average Bonchev–Trinajstić information content (AvgIpc) is 2.08.